The van der Waals surface area contributed by atoms with Crippen LogP contribution in [0.5, 0.6) is 0 Å². The van der Waals surface area contributed by atoms with Gasteiger partial charge >= 0.3 is 0 Å². The molecule has 0 aromatic rings. The molecular formula is C16H30N2O. The quantitative estimate of drug-likeness (QED) is 0.821. The van der Waals surface area contributed by atoms with E-state index in [2.05, 4.69) is 24.5 Å². The van der Waals surface area contributed by atoms with E-state index in [0.717, 1.165) is 31.8 Å². The first-order chi connectivity index (χ1) is 9.15. The van der Waals surface area contributed by atoms with Gasteiger partial charge in [0.05, 0.1) is 0 Å². The van der Waals surface area contributed by atoms with Gasteiger partial charge in [0.25, 0.3) is 0 Å². The maximum absolute atomic E-state index is 12.4. The van der Waals surface area contributed by atoms with Crippen LogP contribution >= 0.6 is 0 Å². The fraction of sp³-hybridized carbons (Fsp3) is 0.938. The minimum atomic E-state index is -0.103. The molecule has 1 aliphatic carbocycles. The van der Waals surface area contributed by atoms with Gasteiger partial charge in [0.1, 0.15) is 0 Å². The Morgan fingerprint density at radius 1 is 1.26 bits per heavy atom. The fourth-order valence-electron chi connectivity index (χ4n) is 3.72. The third-order valence-electron chi connectivity index (χ3n) is 5.24. The Labute approximate surface area is 117 Å². The van der Waals surface area contributed by atoms with Gasteiger partial charge in [-0.3, -0.25) is 4.79 Å². The lowest BCUT2D eigenvalue weighted by atomic mass is 9.75. The summed E-state index contributed by atoms with van der Waals surface area (Å²) >= 11 is 0. The molecule has 1 saturated heterocycles. The number of nitrogens with one attached hydrogen (secondary N) is 2. The molecule has 1 aliphatic heterocycles. The highest BCUT2D eigenvalue weighted by molar-refractivity contribution is 5.82. The number of rotatable bonds is 4. The summed E-state index contributed by atoms with van der Waals surface area (Å²) in [5.74, 6) is 1.02. The first-order valence-electron chi connectivity index (χ1n) is 8.17. The minimum absolute atomic E-state index is 0.103. The van der Waals surface area contributed by atoms with Crippen molar-refractivity contribution in [2.45, 2.75) is 71.3 Å². The Bertz CT molecular complexity index is 297. The molecule has 2 atom stereocenters. The molecule has 0 aromatic heterocycles. The maximum Gasteiger partial charge on any atom is 0.225 e. The SMILES string of the molecule is CCC1CCCNC1CNC(=O)C1(C)CCCCC1. The molecule has 110 valence electrons. The van der Waals surface area contributed by atoms with Crippen LogP contribution in [0.15, 0.2) is 0 Å². The summed E-state index contributed by atoms with van der Waals surface area (Å²) in [6.45, 7) is 6.32. The molecular weight excluding hydrogens is 236 g/mol. The minimum Gasteiger partial charge on any atom is -0.354 e. The monoisotopic (exact) mass is 266 g/mol. The van der Waals surface area contributed by atoms with Crippen molar-refractivity contribution in [1.29, 1.82) is 0 Å². The lowest BCUT2D eigenvalue weighted by Gasteiger charge is -2.35. The van der Waals surface area contributed by atoms with Crippen LogP contribution in [-0.2, 0) is 4.79 Å². The largest absolute Gasteiger partial charge is 0.354 e. The molecule has 0 spiro atoms. The smallest absolute Gasteiger partial charge is 0.225 e. The van der Waals surface area contributed by atoms with E-state index in [4.69, 9.17) is 0 Å². The fourth-order valence-corrected chi connectivity index (χ4v) is 3.72. The number of amides is 1. The zero-order valence-corrected chi connectivity index (χ0v) is 12.6. The van der Waals surface area contributed by atoms with Crippen LogP contribution in [-0.4, -0.2) is 25.0 Å². The van der Waals surface area contributed by atoms with Gasteiger partial charge in [0, 0.05) is 18.0 Å². The predicted molar refractivity (Wildman–Crippen MR) is 79.0 cm³/mol. The molecule has 1 amide bonds. The van der Waals surface area contributed by atoms with Gasteiger partial charge in [-0.15, -0.1) is 0 Å². The van der Waals surface area contributed by atoms with Crippen molar-refractivity contribution in [1.82, 2.24) is 10.6 Å². The average Bonchev–Trinajstić information content (AvgIpc) is 2.45. The molecule has 2 unspecified atom stereocenters. The standard InChI is InChI=1S/C16H30N2O/c1-3-13-8-7-11-17-14(13)12-18-15(19)16(2)9-5-4-6-10-16/h13-14,17H,3-12H2,1-2H3,(H,18,19). The topological polar surface area (TPSA) is 41.1 Å². The van der Waals surface area contributed by atoms with Crippen LogP contribution in [0.1, 0.15) is 65.2 Å². The Morgan fingerprint density at radius 2 is 2.00 bits per heavy atom. The van der Waals surface area contributed by atoms with Gasteiger partial charge in [-0.25, -0.2) is 0 Å². The number of hydrogen-bond acceptors (Lipinski definition) is 2. The van der Waals surface area contributed by atoms with Gasteiger partial charge in [-0.2, -0.15) is 0 Å². The van der Waals surface area contributed by atoms with Crippen LogP contribution in [0, 0.1) is 11.3 Å². The third-order valence-corrected chi connectivity index (χ3v) is 5.24. The Kier molecular flexibility index (Phi) is 5.26. The Morgan fingerprint density at radius 3 is 2.68 bits per heavy atom. The first kappa shape index (κ1) is 14.8. The lowest BCUT2D eigenvalue weighted by Crippen LogP contribution is -2.51. The van der Waals surface area contributed by atoms with Crippen molar-refractivity contribution in [2.75, 3.05) is 13.1 Å². The van der Waals surface area contributed by atoms with Gasteiger partial charge in [0.2, 0.25) is 5.91 Å². The molecule has 0 bridgehead atoms. The van der Waals surface area contributed by atoms with Gasteiger partial charge in [-0.1, -0.05) is 39.5 Å². The van der Waals surface area contributed by atoms with Crippen LogP contribution in [0.3, 0.4) is 0 Å². The van der Waals surface area contributed by atoms with Crippen LogP contribution < -0.4 is 10.6 Å². The van der Waals surface area contributed by atoms with E-state index in [1.165, 1.54) is 38.5 Å². The molecule has 0 radical (unpaired) electrons. The summed E-state index contributed by atoms with van der Waals surface area (Å²) in [4.78, 5) is 12.4. The Balaban J connectivity index is 1.81. The molecule has 19 heavy (non-hydrogen) atoms. The van der Waals surface area contributed by atoms with Gasteiger partial charge in [0.15, 0.2) is 0 Å². The number of carbonyl (C=O) groups is 1. The molecule has 1 saturated carbocycles. The number of carbonyl (C=O) groups excluding carboxylic acids is 1. The molecule has 2 fully saturated rings. The summed E-state index contributed by atoms with van der Waals surface area (Å²) in [5.41, 5.74) is -0.103. The van der Waals surface area contributed by atoms with Crippen LogP contribution in [0.2, 0.25) is 0 Å². The summed E-state index contributed by atoms with van der Waals surface area (Å²) in [5, 5.41) is 6.80. The summed E-state index contributed by atoms with van der Waals surface area (Å²) in [6.07, 6.45) is 9.65. The van der Waals surface area contributed by atoms with E-state index in [1.54, 1.807) is 0 Å². The van der Waals surface area contributed by atoms with E-state index in [9.17, 15) is 4.79 Å². The summed E-state index contributed by atoms with van der Waals surface area (Å²) < 4.78 is 0. The molecule has 1 heterocycles. The van der Waals surface area contributed by atoms with Gasteiger partial charge < -0.3 is 10.6 Å². The van der Waals surface area contributed by atoms with Crippen molar-refractivity contribution in [3.8, 4) is 0 Å². The zero-order valence-electron chi connectivity index (χ0n) is 12.6. The third kappa shape index (κ3) is 3.71. The van der Waals surface area contributed by atoms with Crippen molar-refractivity contribution in [2.24, 2.45) is 11.3 Å². The van der Waals surface area contributed by atoms with Crippen molar-refractivity contribution < 1.29 is 4.79 Å². The van der Waals surface area contributed by atoms with E-state index in [0.29, 0.717) is 6.04 Å². The lowest BCUT2D eigenvalue weighted by molar-refractivity contribution is -0.132. The van der Waals surface area contributed by atoms with E-state index in [-0.39, 0.29) is 11.3 Å². The maximum atomic E-state index is 12.4. The zero-order chi connectivity index (χ0) is 13.7. The normalized spacial score (nSPS) is 30.8. The van der Waals surface area contributed by atoms with Crippen molar-refractivity contribution >= 4 is 5.91 Å². The molecule has 2 aliphatic rings. The predicted octanol–water partition coefficient (Wildman–Crippen LogP) is 2.85. The van der Waals surface area contributed by atoms with Crippen molar-refractivity contribution in [3.05, 3.63) is 0 Å². The second-order valence-corrected chi connectivity index (χ2v) is 6.70. The molecule has 3 heteroatoms. The highest BCUT2D eigenvalue weighted by Gasteiger charge is 2.35. The summed E-state index contributed by atoms with van der Waals surface area (Å²) in [7, 11) is 0. The van der Waals surface area contributed by atoms with E-state index >= 15 is 0 Å². The molecule has 2 rings (SSSR count). The highest BCUT2D eigenvalue weighted by atomic mass is 16.2. The highest BCUT2D eigenvalue weighted by Crippen LogP contribution is 2.35. The Hall–Kier alpha value is -0.570. The van der Waals surface area contributed by atoms with Gasteiger partial charge in [-0.05, 0) is 38.1 Å². The number of piperidine rings is 1. The van der Waals surface area contributed by atoms with E-state index < -0.39 is 0 Å². The molecule has 3 nitrogen and oxygen atoms in total. The average molecular weight is 266 g/mol. The second-order valence-electron chi connectivity index (χ2n) is 6.70. The first-order valence-corrected chi connectivity index (χ1v) is 8.17. The number of hydrogen-bond donors (Lipinski definition) is 2. The van der Waals surface area contributed by atoms with E-state index in [1.807, 2.05) is 0 Å². The summed E-state index contributed by atoms with van der Waals surface area (Å²) in [6, 6.07) is 0.481. The molecule has 0 aromatic carbocycles. The second kappa shape index (κ2) is 6.74. The van der Waals surface area contributed by atoms with Crippen LogP contribution in [0.25, 0.3) is 0 Å². The van der Waals surface area contributed by atoms with Crippen molar-refractivity contribution in [3.63, 3.8) is 0 Å². The molecule has 2 N–H and O–H groups in total. The van der Waals surface area contributed by atoms with Crippen LogP contribution in [0.4, 0.5) is 0 Å².